The number of rotatable bonds is 9. The third-order valence-corrected chi connectivity index (χ3v) is 12.4. The van der Waals surface area contributed by atoms with Crippen LogP contribution in [0.3, 0.4) is 0 Å². The Morgan fingerprint density at radius 3 is 2.69 bits per heavy atom. The first-order valence-corrected chi connectivity index (χ1v) is 16.4. The number of esters is 1. The summed E-state index contributed by atoms with van der Waals surface area (Å²) in [4.78, 5) is 44.5. The van der Waals surface area contributed by atoms with E-state index in [0.717, 1.165) is 25.7 Å². The minimum Gasteiger partial charge on any atom is -0.461 e. The minimum absolute atomic E-state index is 0.0416. The summed E-state index contributed by atoms with van der Waals surface area (Å²) >= 11 is 1.28. The minimum atomic E-state index is -0.700. The quantitative estimate of drug-likeness (QED) is 0.196. The summed E-state index contributed by atoms with van der Waals surface area (Å²) in [6.07, 6.45) is 8.04. The summed E-state index contributed by atoms with van der Waals surface area (Å²) in [7, 11) is 0. The average Bonchev–Trinajstić information content (AvgIpc) is 3.33. The van der Waals surface area contributed by atoms with Crippen LogP contribution >= 0.6 is 11.8 Å². The molecule has 0 radical (unpaired) electrons. The van der Waals surface area contributed by atoms with Crippen molar-refractivity contribution in [1.82, 2.24) is 4.98 Å². The van der Waals surface area contributed by atoms with Gasteiger partial charge in [0.15, 0.2) is 0 Å². The summed E-state index contributed by atoms with van der Waals surface area (Å²) in [5.74, 6) is -0.497. The molecule has 4 rings (SSSR count). The molecule has 0 saturated heterocycles. The van der Waals surface area contributed by atoms with Gasteiger partial charge in [-0.3, -0.25) is 19.4 Å². The number of anilines is 1. The zero-order valence-electron chi connectivity index (χ0n) is 26.0. The van der Waals surface area contributed by atoms with Crippen LogP contribution in [0.4, 0.5) is 5.69 Å². The Morgan fingerprint density at radius 1 is 1.31 bits per heavy atom. The number of carbonyl (C=O) groups excluding carboxylic acids is 3. The number of hydrogen-bond acceptors (Lipinski definition) is 8. The van der Waals surface area contributed by atoms with Gasteiger partial charge in [-0.1, -0.05) is 54.0 Å². The summed E-state index contributed by atoms with van der Waals surface area (Å²) in [6.45, 7) is 16.4. The first kappa shape index (κ1) is 32.7. The first-order chi connectivity index (χ1) is 19.7. The fourth-order valence-electron chi connectivity index (χ4n) is 8.14. The van der Waals surface area contributed by atoms with Crippen molar-refractivity contribution < 1.29 is 24.2 Å². The van der Waals surface area contributed by atoms with Crippen molar-refractivity contribution >= 4 is 35.1 Å². The fourth-order valence-corrected chi connectivity index (χ4v) is 8.84. The highest BCUT2D eigenvalue weighted by molar-refractivity contribution is 8.00. The van der Waals surface area contributed by atoms with Gasteiger partial charge in [0.2, 0.25) is 5.91 Å². The third kappa shape index (κ3) is 5.69. The number of nitrogens with two attached hydrogens (primary N) is 1. The molecule has 232 valence electrons. The van der Waals surface area contributed by atoms with Crippen molar-refractivity contribution in [1.29, 1.82) is 0 Å². The Bertz CT molecular complexity index is 1210. The normalized spacial score (nSPS) is 37.5. The van der Waals surface area contributed by atoms with Gasteiger partial charge >= 0.3 is 5.97 Å². The number of hydrogen-bond donors (Lipinski definition) is 3. The Labute approximate surface area is 255 Å². The molecule has 0 spiro atoms. The van der Waals surface area contributed by atoms with E-state index in [4.69, 9.17) is 10.5 Å². The second-order valence-corrected chi connectivity index (χ2v) is 14.7. The number of amides is 1. The summed E-state index contributed by atoms with van der Waals surface area (Å²) in [5, 5.41) is 14.5. The molecule has 3 aliphatic rings. The van der Waals surface area contributed by atoms with Crippen molar-refractivity contribution in [2.24, 2.45) is 45.7 Å². The van der Waals surface area contributed by atoms with Crippen molar-refractivity contribution in [2.75, 3.05) is 11.1 Å². The SMILES string of the molecule is C=C[C@]1(C)C[C@@H](OC(=O)CSc2cncc(NC(=O)[C@@H](N)[C@@H](C)CC)c2)[C@]2(C)[C@H](C)CC[C@]3(CCC(=O)[C@H]32)[C@@H](C)[C@@H]1O. The highest BCUT2D eigenvalue weighted by Crippen LogP contribution is 2.68. The number of nitrogens with zero attached hydrogens (tertiary/aromatic N) is 1. The lowest BCUT2D eigenvalue weighted by molar-refractivity contribution is -0.205. The van der Waals surface area contributed by atoms with E-state index in [-0.39, 0.29) is 52.5 Å². The Hall–Kier alpha value is -2.23. The molecule has 8 nitrogen and oxygen atoms in total. The maximum Gasteiger partial charge on any atom is 0.316 e. The predicted octanol–water partition coefficient (Wildman–Crippen LogP) is 5.39. The van der Waals surface area contributed by atoms with Gasteiger partial charge in [-0.05, 0) is 54.9 Å². The second-order valence-electron chi connectivity index (χ2n) is 13.7. The van der Waals surface area contributed by atoms with Gasteiger partial charge in [-0.2, -0.15) is 0 Å². The molecule has 1 aromatic rings. The monoisotopic (exact) mass is 599 g/mol. The number of ketones is 1. The van der Waals surface area contributed by atoms with E-state index in [1.54, 1.807) is 24.5 Å². The number of pyridine rings is 1. The topological polar surface area (TPSA) is 132 Å². The molecule has 0 unspecified atom stereocenters. The molecule has 1 aromatic heterocycles. The molecule has 2 bridgehead atoms. The number of aliphatic hydroxyl groups is 1. The Kier molecular flexibility index (Phi) is 9.65. The molecule has 3 saturated carbocycles. The first-order valence-electron chi connectivity index (χ1n) is 15.4. The molecule has 1 amide bonds. The molecule has 9 heteroatoms. The van der Waals surface area contributed by atoms with Gasteiger partial charge in [-0.25, -0.2) is 0 Å². The maximum atomic E-state index is 13.6. The zero-order valence-corrected chi connectivity index (χ0v) is 26.8. The van der Waals surface area contributed by atoms with Crippen LogP contribution in [0.25, 0.3) is 0 Å². The van der Waals surface area contributed by atoms with Gasteiger partial charge in [0.05, 0.1) is 29.8 Å². The van der Waals surface area contributed by atoms with Crippen molar-refractivity contribution in [3.63, 3.8) is 0 Å². The molecule has 4 N–H and O–H groups in total. The van der Waals surface area contributed by atoms with Crippen molar-refractivity contribution in [2.45, 2.75) is 103 Å². The van der Waals surface area contributed by atoms with E-state index >= 15 is 0 Å². The summed E-state index contributed by atoms with van der Waals surface area (Å²) < 4.78 is 6.33. The third-order valence-electron chi connectivity index (χ3n) is 11.5. The number of aliphatic hydroxyl groups excluding tert-OH is 1. The smallest absolute Gasteiger partial charge is 0.316 e. The van der Waals surface area contributed by atoms with E-state index in [9.17, 15) is 19.5 Å². The zero-order chi connectivity index (χ0) is 31.0. The Balaban J connectivity index is 1.54. The standard InChI is InChI=1S/C33H49N3O5S/c1-8-19(3)27(34)30(40)36-22-14-23(17-35-16-22)42-18-26(38)41-25-15-31(6,9-2)29(39)21(5)33-12-10-20(4)32(25,7)28(33)24(37)11-13-33/h9,14,16-17,19-21,25,27-29,39H,2,8,10-13,15,18,34H2,1,3-7H3,(H,36,40)/t19-,20+,21-,25+,27-,28-,29-,31+,32-,33-/m0/s1. The largest absolute Gasteiger partial charge is 0.461 e. The van der Waals surface area contributed by atoms with Gasteiger partial charge in [0.25, 0.3) is 0 Å². The van der Waals surface area contributed by atoms with Gasteiger partial charge in [-0.15, -0.1) is 18.3 Å². The lowest BCUT2D eigenvalue weighted by Gasteiger charge is -2.61. The van der Waals surface area contributed by atoms with Gasteiger partial charge < -0.3 is 20.9 Å². The number of carbonyl (C=O) groups is 3. The number of thioether (sulfide) groups is 1. The van der Waals surface area contributed by atoms with Crippen molar-refractivity contribution in [3.05, 3.63) is 31.1 Å². The molecule has 1 heterocycles. The number of nitrogens with one attached hydrogen (secondary N) is 1. The second kappa shape index (κ2) is 12.4. The number of ether oxygens (including phenoxy) is 1. The lowest BCUT2D eigenvalue weighted by Crippen LogP contribution is -2.63. The van der Waals surface area contributed by atoms with E-state index in [1.807, 2.05) is 20.8 Å². The van der Waals surface area contributed by atoms with Crippen LogP contribution in [0.2, 0.25) is 0 Å². The molecular formula is C33H49N3O5S. The highest BCUT2D eigenvalue weighted by atomic mass is 32.2. The van der Waals surface area contributed by atoms with Crippen LogP contribution in [0.1, 0.15) is 80.1 Å². The molecular weight excluding hydrogens is 550 g/mol. The van der Waals surface area contributed by atoms with E-state index in [1.165, 1.54) is 11.8 Å². The molecule has 3 aliphatic carbocycles. The van der Waals surface area contributed by atoms with Crippen LogP contribution in [0.5, 0.6) is 0 Å². The van der Waals surface area contributed by atoms with E-state index in [2.05, 4.69) is 37.7 Å². The fraction of sp³-hybridized carbons (Fsp3) is 0.697. The van der Waals surface area contributed by atoms with Gasteiger partial charge in [0, 0.05) is 34.3 Å². The number of Topliss-reactive ketones (excluding diaryl/α,β-unsaturated/α-hetero) is 1. The highest BCUT2D eigenvalue weighted by Gasteiger charge is 2.68. The average molecular weight is 600 g/mol. The number of aromatic nitrogens is 1. The predicted molar refractivity (Wildman–Crippen MR) is 166 cm³/mol. The van der Waals surface area contributed by atoms with Gasteiger partial charge in [0.1, 0.15) is 11.9 Å². The van der Waals surface area contributed by atoms with Crippen LogP contribution in [0.15, 0.2) is 36.0 Å². The summed E-state index contributed by atoms with van der Waals surface area (Å²) in [5.41, 5.74) is 5.05. The Morgan fingerprint density at radius 2 is 2.02 bits per heavy atom. The molecule has 42 heavy (non-hydrogen) atoms. The van der Waals surface area contributed by atoms with Crippen LogP contribution in [-0.4, -0.2) is 51.8 Å². The lowest BCUT2D eigenvalue weighted by atomic mass is 9.44. The van der Waals surface area contributed by atoms with Crippen LogP contribution in [-0.2, 0) is 19.1 Å². The van der Waals surface area contributed by atoms with Crippen LogP contribution < -0.4 is 11.1 Å². The van der Waals surface area contributed by atoms with Crippen molar-refractivity contribution in [3.8, 4) is 0 Å². The van der Waals surface area contributed by atoms with Crippen LogP contribution in [0, 0.1) is 39.9 Å². The summed E-state index contributed by atoms with van der Waals surface area (Å²) in [6, 6.07) is 1.15. The van der Waals surface area contributed by atoms with E-state index in [0.29, 0.717) is 23.4 Å². The molecule has 0 aromatic carbocycles. The maximum absolute atomic E-state index is 13.6. The molecule has 10 atom stereocenters. The van der Waals surface area contributed by atoms with E-state index < -0.39 is 29.1 Å². The molecule has 3 fully saturated rings. The molecule has 0 aliphatic heterocycles.